The van der Waals surface area contributed by atoms with E-state index in [1.54, 1.807) is 0 Å². The summed E-state index contributed by atoms with van der Waals surface area (Å²) in [5, 5.41) is 20.4. The van der Waals surface area contributed by atoms with E-state index in [1.165, 1.54) is 0 Å². The molecule has 3 aromatic rings. The zero-order valence-corrected chi connectivity index (χ0v) is 13.2. The average Bonchev–Trinajstić information content (AvgIpc) is 2.61. The third kappa shape index (κ3) is 3.11. The molecular formula is C16H13F3N4O3. The van der Waals surface area contributed by atoms with E-state index >= 15 is 0 Å². The number of hydrogen-bond acceptors (Lipinski definition) is 6. The van der Waals surface area contributed by atoms with Gasteiger partial charge in [0.25, 0.3) is 5.56 Å². The summed E-state index contributed by atoms with van der Waals surface area (Å²) in [6, 6.07) is 4.18. The summed E-state index contributed by atoms with van der Waals surface area (Å²) in [4.78, 5) is 19.7. The SMILES string of the molecule is O=c1ccc2c(F)nc(NC(CO)CO)nc2n1-c1c(F)cccc1F. The number of aromatic nitrogens is 3. The number of rotatable bonds is 5. The molecule has 0 saturated heterocycles. The van der Waals surface area contributed by atoms with Gasteiger partial charge < -0.3 is 15.5 Å². The summed E-state index contributed by atoms with van der Waals surface area (Å²) < 4.78 is 43.2. The van der Waals surface area contributed by atoms with Crippen LogP contribution in [0, 0.1) is 17.6 Å². The van der Waals surface area contributed by atoms with Gasteiger partial charge in [-0.3, -0.25) is 9.36 Å². The minimum absolute atomic E-state index is 0.234. The molecule has 10 heteroatoms. The Hall–Kier alpha value is -2.98. The number of nitrogens with zero attached hydrogens (tertiary/aromatic N) is 3. The largest absolute Gasteiger partial charge is 0.394 e. The van der Waals surface area contributed by atoms with Gasteiger partial charge in [0.2, 0.25) is 11.9 Å². The Kier molecular flexibility index (Phi) is 4.87. The Morgan fingerprint density at radius 1 is 1.04 bits per heavy atom. The maximum Gasteiger partial charge on any atom is 0.256 e. The van der Waals surface area contributed by atoms with Crippen molar-refractivity contribution < 1.29 is 23.4 Å². The maximum absolute atomic E-state index is 14.3. The van der Waals surface area contributed by atoms with Gasteiger partial charge in [0, 0.05) is 6.07 Å². The van der Waals surface area contributed by atoms with E-state index in [0.717, 1.165) is 30.3 Å². The van der Waals surface area contributed by atoms with Gasteiger partial charge >= 0.3 is 0 Å². The highest BCUT2D eigenvalue weighted by atomic mass is 19.1. The molecule has 7 nitrogen and oxygen atoms in total. The molecule has 0 aliphatic heterocycles. The maximum atomic E-state index is 14.3. The van der Waals surface area contributed by atoms with Crippen LogP contribution in [0.4, 0.5) is 19.1 Å². The van der Waals surface area contributed by atoms with Crippen LogP contribution in [0.25, 0.3) is 16.7 Å². The van der Waals surface area contributed by atoms with Gasteiger partial charge in [0.15, 0.2) is 5.65 Å². The van der Waals surface area contributed by atoms with Crippen LogP contribution in [0.15, 0.2) is 35.1 Å². The quantitative estimate of drug-likeness (QED) is 0.582. The van der Waals surface area contributed by atoms with Gasteiger partial charge in [0.1, 0.15) is 17.3 Å². The first-order valence-electron chi connectivity index (χ1n) is 7.48. The van der Waals surface area contributed by atoms with Gasteiger partial charge in [0.05, 0.1) is 24.6 Å². The standard InChI is InChI=1S/C16H13F3N4O3/c17-10-2-1-3-11(18)13(10)23-12(26)5-4-9-14(19)21-16(22-15(9)23)20-8(6-24)7-25/h1-5,8,24-25H,6-7H2,(H,20,21,22). The lowest BCUT2D eigenvalue weighted by Crippen LogP contribution is -2.29. The smallest absolute Gasteiger partial charge is 0.256 e. The number of aliphatic hydroxyl groups excluding tert-OH is 2. The number of pyridine rings is 1. The highest BCUT2D eigenvalue weighted by Gasteiger charge is 2.19. The average molecular weight is 366 g/mol. The second-order valence-corrected chi connectivity index (χ2v) is 5.36. The van der Waals surface area contributed by atoms with E-state index in [2.05, 4.69) is 15.3 Å². The van der Waals surface area contributed by atoms with Gasteiger partial charge in [-0.2, -0.15) is 14.4 Å². The minimum atomic E-state index is -1.04. The summed E-state index contributed by atoms with van der Waals surface area (Å²) in [7, 11) is 0. The molecule has 3 N–H and O–H groups in total. The first-order chi connectivity index (χ1) is 12.5. The van der Waals surface area contributed by atoms with Gasteiger partial charge in [-0.25, -0.2) is 8.78 Å². The van der Waals surface area contributed by atoms with Crippen molar-refractivity contribution in [1.82, 2.24) is 14.5 Å². The van der Waals surface area contributed by atoms with Crippen molar-refractivity contribution in [3.63, 3.8) is 0 Å². The third-order valence-corrected chi connectivity index (χ3v) is 3.64. The van der Waals surface area contributed by atoms with Crippen LogP contribution in [0.3, 0.4) is 0 Å². The predicted octanol–water partition coefficient (Wildman–Crippen LogP) is 0.963. The number of para-hydroxylation sites is 1. The van der Waals surface area contributed by atoms with Crippen molar-refractivity contribution in [2.75, 3.05) is 18.5 Å². The van der Waals surface area contributed by atoms with Crippen LogP contribution < -0.4 is 10.9 Å². The van der Waals surface area contributed by atoms with Crippen molar-refractivity contribution in [2.45, 2.75) is 6.04 Å². The highest BCUT2D eigenvalue weighted by Crippen LogP contribution is 2.22. The van der Waals surface area contributed by atoms with E-state index in [0.29, 0.717) is 4.57 Å². The summed E-state index contributed by atoms with van der Waals surface area (Å²) >= 11 is 0. The fraction of sp³-hybridized carbons (Fsp3) is 0.188. The topological polar surface area (TPSA) is 100 Å². The van der Waals surface area contributed by atoms with Crippen LogP contribution in [0.1, 0.15) is 0 Å². The molecule has 1 aromatic carbocycles. The van der Waals surface area contributed by atoms with Gasteiger partial charge in [-0.1, -0.05) is 6.07 Å². The lowest BCUT2D eigenvalue weighted by Gasteiger charge is -2.15. The second kappa shape index (κ2) is 7.10. The first-order valence-corrected chi connectivity index (χ1v) is 7.48. The molecule has 0 bridgehead atoms. The number of anilines is 1. The lowest BCUT2D eigenvalue weighted by molar-refractivity contribution is 0.203. The van der Waals surface area contributed by atoms with E-state index < -0.39 is 48.1 Å². The lowest BCUT2D eigenvalue weighted by atomic mass is 10.2. The van der Waals surface area contributed by atoms with Crippen molar-refractivity contribution in [3.05, 3.63) is 58.3 Å². The summed E-state index contributed by atoms with van der Waals surface area (Å²) in [5.74, 6) is -3.47. The molecule has 2 aromatic heterocycles. The first kappa shape index (κ1) is 17.8. The zero-order chi connectivity index (χ0) is 18.8. The van der Waals surface area contributed by atoms with E-state index in [-0.39, 0.29) is 17.0 Å². The molecule has 0 fully saturated rings. The van der Waals surface area contributed by atoms with Crippen LogP contribution in [-0.2, 0) is 0 Å². The monoisotopic (exact) mass is 366 g/mol. The molecular weight excluding hydrogens is 353 g/mol. The molecule has 2 heterocycles. The highest BCUT2D eigenvalue weighted by molar-refractivity contribution is 5.77. The van der Waals surface area contributed by atoms with E-state index in [1.807, 2.05) is 0 Å². The fourth-order valence-electron chi connectivity index (χ4n) is 2.39. The Bertz CT molecular complexity index is 1000. The van der Waals surface area contributed by atoms with Crippen molar-refractivity contribution >= 4 is 17.0 Å². The summed E-state index contributed by atoms with van der Waals surface area (Å²) in [6.45, 7) is -0.994. The molecule has 0 aliphatic carbocycles. The Morgan fingerprint density at radius 3 is 2.31 bits per heavy atom. The van der Waals surface area contributed by atoms with E-state index in [9.17, 15) is 18.0 Å². The molecule has 26 heavy (non-hydrogen) atoms. The van der Waals surface area contributed by atoms with Crippen molar-refractivity contribution in [2.24, 2.45) is 0 Å². The zero-order valence-electron chi connectivity index (χ0n) is 13.2. The van der Waals surface area contributed by atoms with Crippen LogP contribution in [0.2, 0.25) is 0 Å². The summed E-state index contributed by atoms with van der Waals surface area (Å²) in [5.41, 5.74) is -1.90. The molecule has 0 atom stereocenters. The number of aliphatic hydroxyl groups is 2. The third-order valence-electron chi connectivity index (χ3n) is 3.64. The Morgan fingerprint density at radius 2 is 1.69 bits per heavy atom. The van der Waals surface area contributed by atoms with Crippen LogP contribution >= 0.6 is 0 Å². The summed E-state index contributed by atoms with van der Waals surface area (Å²) in [6.07, 6.45) is 0. The number of hydrogen-bond donors (Lipinski definition) is 3. The predicted molar refractivity (Wildman–Crippen MR) is 86.6 cm³/mol. The van der Waals surface area contributed by atoms with E-state index in [4.69, 9.17) is 10.2 Å². The molecule has 136 valence electrons. The minimum Gasteiger partial charge on any atom is -0.394 e. The number of nitrogens with one attached hydrogen (secondary N) is 1. The Labute approximate surface area is 144 Å². The fourth-order valence-corrected chi connectivity index (χ4v) is 2.39. The molecule has 0 unspecified atom stereocenters. The molecule has 0 aliphatic rings. The number of halogens is 3. The molecule has 3 rings (SSSR count). The normalized spacial score (nSPS) is 11.3. The molecule has 0 saturated carbocycles. The van der Waals surface area contributed by atoms with Gasteiger partial charge in [-0.15, -0.1) is 0 Å². The Balaban J connectivity index is 2.31. The molecule has 0 radical (unpaired) electrons. The van der Waals surface area contributed by atoms with Crippen molar-refractivity contribution in [3.8, 4) is 5.69 Å². The van der Waals surface area contributed by atoms with Crippen LogP contribution in [0.5, 0.6) is 0 Å². The molecule has 0 amide bonds. The number of benzene rings is 1. The van der Waals surface area contributed by atoms with Gasteiger partial charge in [-0.05, 0) is 18.2 Å². The van der Waals surface area contributed by atoms with Crippen LogP contribution in [-0.4, -0.2) is 44.0 Å². The number of fused-ring (bicyclic) bond motifs is 1. The molecule has 0 spiro atoms. The second-order valence-electron chi connectivity index (χ2n) is 5.36. The van der Waals surface area contributed by atoms with Crippen molar-refractivity contribution in [1.29, 1.82) is 0 Å².